The van der Waals surface area contributed by atoms with Crippen LogP contribution in [0.3, 0.4) is 0 Å². The fourth-order valence-electron chi connectivity index (χ4n) is 2.72. The number of amides is 1. The second-order valence-corrected chi connectivity index (χ2v) is 6.18. The fraction of sp³-hybridized carbons (Fsp3) is 0.353. The van der Waals surface area contributed by atoms with Gasteiger partial charge in [-0.1, -0.05) is 36.9 Å². The lowest BCUT2D eigenvalue weighted by molar-refractivity contribution is 0.0927. The molecule has 3 rings (SSSR count). The predicted octanol–water partition coefficient (Wildman–Crippen LogP) is 3.94. The molecule has 1 heterocycles. The Labute approximate surface area is 140 Å². The summed E-state index contributed by atoms with van der Waals surface area (Å²) in [5.41, 5.74) is 1.28. The Bertz CT molecular complexity index is 669. The zero-order chi connectivity index (χ0) is 16.1. The van der Waals surface area contributed by atoms with Gasteiger partial charge in [0.25, 0.3) is 5.91 Å². The number of benzene rings is 1. The largest absolute Gasteiger partial charge is 0.349 e. The lowest BCUT2D eigenvalue weighted by Gasteiger charge is -2.22. The average molecular weight is 331 g/mol. The summed E-state index contributed by atoms with van der Waals surface area (Å²) in [7, 11) is 0. The van der Waals surface area contributed by atoms with Crippen molar-refractivity contribution in [3.05, 3.63) is 47.2 Å². The number of nitrogens with one attached hydrogen (secondary N) is 2. The molecular weight excluding hydrogens is 312 g/mol. The summed E-state index contributed by atoms with van der Waals surface area (Å²) >= 11 is 5.94. The number of hydrogen-bond donors (Lipinski definition) is 2. The Kier molecular flexibility index (Phi) is 5.08. The maximum absolute atomic E-state index is 12.2. The van der Waals surface area contributed by atoms with Crippen LogP contribution < -0.4 is 10.6 Å². The lowest BCUT2D eigenvalue weighted by Crippen LogP contribution is -2.36. The monoisotopic (exact) mass is 330 g/mol. The van der Waals surface area contributed by atoms with Gasteiger partial charge in [-0.3, -0.25) is 4.79 Å². The maximum Gasteiger partial charge on any atom is 0.254 e. The molecule has 1 aromatic carbocycles. The Hall–Kier alpha value is -2.14. The molecule has 1 aliphatic rings. The molecule has 0 saturated heterocycles. The molecule has 5 nitrogen and oxygen atoms in total. The first kappa shape index (κ1) is 15.7. The summed E-state index contributed by atoms with van der Waals surface area (Å²) in [4.78, 5) is 20.6. The summed E-state index contributed by atoms with van der Waals surface area (Å²) in [6, 6.07) is 7.58. The Balaban J connectivity index is 1.61. The number of rotatable bonds is 4. The normalized spacial score (nSPS) is 15.2. The SMILES string of the molecule is O=C(NC1CCCCC1)c1cnc(Nc2cccc(Cl)c2)nc1. The van der Waals surface area contributed by atoms with Crippen molar-refractivity contribution >= 4 is 29.1 Å². The van der Waals surface area contributed by atoms with Gasteiger partial charge in [0.05, 0.1) is 5.56 Å². The van der Waals surface area contributed by atoms with Crippen LogP contribution >= 0.6 is 11.6 Å². The maximum atomic E-state index is 12.2. The van der Waals surface area contributed by atoms with Crippen molar-refractivity contribution in [1.82, 2.24) is 15.3 Å². The molecule has 2 aromatic rings. The number of anilines is 2. The molecular formula is C17H19ClN4O. The molecule has 1 amide bonds. The quantitative estimate of drug-likeness (QED) is 0.891. The number of carbonyl (C=O) groups is 1. The van der Waals surface area contributed by atoms with Crippen LogP contribution in [0.5, 0.6) is 0 Å². The van der Waals surface area contributed by atoms with Gasteiger partial charge in [-0.05, 0) is 31.0 Å². The molecule has 1 aromatic heterocycles. The predicted molar refractivity (Wildman–Crippen MR) is 91.1 cm³/mol. The zero-order valence-electron chi connectivity index (χ0n) is 12.8. The highest BCUT2D eigenvalue weighted by atomic mass is 35.5. The number of carbonyl (C=O) groups excluding carboxylic acids is 1. The molecule has 2 N–H and O–H groups in total. The topological polar surface area (TPSA) is 66.9 Å². The highest BCUT2D eigenvalue weighted by Gasteiger charge is 2.17. The molecule has 120 valence electrons. The van der Waals surface area contributed by atoms with Crippen LogP contribution in [0, 0.1) is 0 Å². The van der Waals surface area contributed by atoms with Crippen molar-refractivity contribution in [2.75, 3.05) is 5.32 Å². The molecule has 1 fully saturated rings. The van der Waals surface area contributed by atoms with Crippen LogP contribution in [0.4, 0.5) is 11.6 Å². The molecule has 23 heavy (non-hydrogen) atoms. The molecule has 0 bridgehead atoms. The van der Waals surface area contributed by atoms with Gasteiger partial charge in [0.15, 0.2) is 0 Å². The summed E-state index contributed by atoms with van der Waals surface area (Å²) in [6.07, 6.45) is 8.82. The first-order chi connectivity index (χ1) is 11.2. The van der Waals surface area contributed by atoms with Crippen LogP contribution in [-0.4, -0.2) is 21.9 Å². The van der Waals surface area contributed by atoms with Crippen molar-refractivity contribution in [3.8, 4) is 0 Å². The van der Waals surface area contributed by atoms with E-state index < -0.39 is 0 Å². The molecule has 0 spiro atoms. The second-order valence-electron chi connectivity index (χ2n) is 5.74. The summed E-state index contributed by atoms with van der Waals surface area (Å²) in [5, 5.41) is 6.75. The van der Waals surface area contributed by atoms with Crippen LogP contribution in [0.2, 0.25) is 5.02 Å². The minimum atomic E-state index is -0.105. The van der Waals surface area contributed by atoms with Crippen molar-refractivity contribution in [3.63, 3.8) is 0 Å². The Morgan fingerprint density at radius 1 is 1.13 bits per heavy atom. The minimum Gasteiger partial charge on any atom is -0.349 e. The van der Waals surface area contributed by atoms with Gasteiger partial charge in [0, 0.05) is 29.1 Å². The molecule has 6 heteroatoms. The Morgan fingerprint density at radius 3 is 2.57 bits per heavy atom. The van der Waals surface area contributed by atoms with Gasteiger partial charge >= 0.3 is 0 Å². The van der Waals surface area contributed by atoms with Gasteiger partial charge in [0.2, 0.25) is 5.95 Å². The van der Waals surface area contributed by atoms with E-state index in [4.69, 9.17) is 11.6 Å². The number of halogens is 1. The van der Waals surface area contributed by atoms with E-state index in [9.17, 15) is 4.79 Å². The highest BCUT2D eigenvalue weighted by Crippen LogP contribution is 2.19. The summed E-state index contributed by atoms with van der Waals surface area (Å²) in [6.45, 7) is 0. The van der Waals surface area contributed by atoms with E-state index in [1.807, 2.05) is 12.1 Å². The van der Waals surface area contributed by atoms with Crippen molar-refractivity contribution in [2.24, 2.45) is 0 Å². The molecule has 1 aliphatic carbocycles. The molecule has 0 aliphatic heterocycles. The molecule has 0 atom stereocenters. The van der Waals surface area contributed by atoms with Gasteiger partial charge in [-0.2, -0.15) is 0 Å². The van der Waals surface area contributed by atoms with Crippen LogP contribution in [-0.2, 0) is 0 Å². The van der Waals surface area contributed by atoms with Gasteiger partial charge in [-0.15, -0.1) is 0 Å². The summed E-state index contributed by atoms with van der Waals surface area (Å²) in [5.74, 6) is 0.327. The third-order valence-corrected chi connectivity index (χ3v) is 4.17. The van der Waals surface area contributed by atoms with E-state index in [1.54, 1.807) is 12.1 Å². The third kappa shape index (κ3) is 4.42. The first-order valence-electron chi connectivity index (χ1n) is 7.86. The first-order valence-corrected chi connectivity index (χ1v) is 8.24. The number of aromatic nitrogens is 2. The van der Waals surface area contributed by atoms with E-state index in [0.717, 1.165) is 18.5 Å². The van der Waals surface area contributed by atoms with E-state index in [-0.39, 0.29) is 11.9 Å². The van der Waals surface area contributed by atoms with Crippen LogP contribution in [0.25, 0.3) is 0 Å². The fourth-order valence-corrected chi connectivity index (χ4v) is 2.91. The molecule has 0 unspecified atom stereocenters. The van der Waals surface area contributed by atoms with E-state index in [2.05, 4.69) is 20.6 Å². The van der Waals surface area contributed by atoms with Gasteiger partial charge in [-0.25, -0.2) is 9.97 Å². The highest BCUT2D eigenvalue weighted by molar-refractivity contribution is 6.30. The smallest absolute Gasteiger partial charge is 0.254 e. The average Bonchev–Trinajstić information content (AvgIpc) is 2.56. The van der Waals surface area contributed by atoms with Gasteiger partial charge in [0.1, 0.15) is 0 Å². The van der Waals surface area contributed by atoms with Crippen LogP contribution in [0.15, 0.2) is 36.7 Å². The molecule has 1 saturated carbocycles. The van der Waals surface area contributed by atoms with Crippen molar-refractivity contribution in [1.29, 1.82) is 0 Å². The zero-order valence-corrected chi connectivity index (χ0v) is 13.5. The minimum absolute atomic E-state index is 0.105. The number of nitrogens with zero attached hydrogens (tertiary/aromatic N) is 2. The van der Waals surface area contributed by atoms with E-state index >= 15 is 0 Å². The van der Waals surface area contributed by atoms with E-state index in [0.29, 0.717) is 16.5 Å². The van der Waals surface area contributed by atoms with Crippen molar-refractivity contribution in [2.45, 2.75) is 38.1 Å². The standard InChI is InChI=1S/C17H19ClN4O/c18-13-5-4-8-15(9-13)22-17-19-10-12(11-20-17)16(23)21-14-6-2-1-3-7-14/h4-5,8-11,14H,1-3,6-7H2,(H,21,23)(H,19,20,22). The third-order valence-electron chi connectivity index (χ3n) is 3.94. The van der Waals surface area contributed by atoms with E-state index in [1.165, 1.54) is 31.7 Å². The van der Waals surface area contributed by atoms with Crippen LogP contribution in [0.1, 0.15) is 42.5 Å². The summed E-state index contributed by atoms with van der Waals surface area (Å²) < 4.78 is 0. The van der Waals surface area contributed by atoms with Crippen molar-refractivity contribution < 1.29 is 4.79 Å². The Morgan fingerprint density at radius 2 is 1.87 bits per heavy atom. The second kappa shape index (κ2) is 7.42. The van der Waals surface area contributed by atoms with Gasteiger partial charge < -0.3 is 10.6 Å². The lowest BCUT2D eigenvalue weighted by atomic mass is 9.95. The number of hydrogen-bond acceptors (Lipinski definition) is 4. The molecule has 0 radical (unpaired) electrons.